The number of para-hydroxylation sites is 1. The standard InChI is InChI=1S/C18H23NO4/c20-16(13-18(17(21)22)9-4-10-18)19-11-7-15(8-12-19)23-14-5-2-1-3-6-14/h1-3,5-6,15H,4,7-13H2,(H,21,22). The number of amides is 1. The summed E-state index contributed by atoms with van der Waals surface area (Å²) in [4.78, 5) is 25.6. The zero-order chi connectivity index (χ0) is 16.3. The molecule has 23 heavy (non-hydrogen) atoms. The first-order chi connectivity index (χ1) is 11.1. The number of piperidine rings is 1. The first kappa shape index (κ1) is 15.8. The van der Waals surface area contributed by atoms with E-state index in [1.807, 2.05) is 30.3 Å². The van der Waals surface area contributed by atoms with Crippen molar-refractivity contribution in [3.05, 3.63) is 30.3 Å². The van der Waals surface area contributed by atoms with Crippen LogP contribution in [-0.2, 0) is 9.59 Å². The predicted octanol–water partition coefficient (Wildman–Crippen LogP) is 2.70. The van der Waals surface area contributed by atoms with Crippen molar-refractivity contribution in [2.24, 2.45) is 5.41 Å². The van der Waals surface area contributed by atoms with Crippen LogP contribution in [0, 0.1) is 5.41 Å². The fraction of sp³-hybridized carbons (Fsp3) is 0.556. The second-order valence-electron chi connectivity index (χ2n) is 6.63. The molecule has 1 heterocycles. The van der Waals surface area contributed by atoms with Crippen LogP contribution in [0.3, 0.4) is 0 Å². The average Bonchev–Trinajstić information content (AvgIpc) is 2.52. The molecule has 2 aliphatic rings. The third-order valence-electron chi connectivity index (χ3n) is 5.09. The normalized spacial score (nSPS) is 20.6. The Morgan fingerprint density at radius 3 is 2.35 bits per heavy atom. The molecule has 1 saturated heterocycles. The molecule has 3 rings (SSSR count). The van der Waals surface area contributed by atoms with Gasteiger partial charge in [-0.25, -0.2) is 0 Å². The van der Waals surface area contributed by atoms with Crippen molar-refractivity contribution in [3.8, 4) is 5.75 Å². The Balaban J connectivity index is 1.49. The number of carbonyl (C=O) groups is 2. The number of aliphatic carboxylic acids is 1. The Bertz CT molecular complexity index is 560. The summed E-state index contributed by atoms with van der Waals surface area (Å²) in [7, 11) is 0. The summed E-state index contributed by atoms with van der Waals surface area (Å²) in [5.41, 5.74) is -0.797. The Labute approximate surface area is 136 Å². The van der Waals surface area contributed by atoms with Gasteiger partial charge < -0.3 is 14.7 Å². The third kappa shape index (κ3) is 3.49. The molecule has 0 aromatic heterocycles. The van der Waals surface area contributed by atoms with Crippen LogP contribution in [0.4, 0.5) is 0 Å². The number of hydrogen-bond donors (Lipinski definition) is 1. The molecule has 1 aliphatic heterocycles. The van der Waals surface area contributed by atoms with E-state index in [-0.39, 0.29) is 18.4 Å². The first-order valence-corrected chi connectivity index (χ1v) is 8.32. The lowest BCUT2D eigenvalue weighted by molar-refractivity contribution is -0.160. The number of carboxylic acids is 1. The molecular formula is C18H23NO4. The topological polar surface area (TPSA) is 66.8 Å². The van der Waals surface area contributed by atoms with Crippen LogP contribution < -0.4 is 4.74 Å². The second kappa shape index (κ2) is 6.60. The van der Waals surface area contributed by atoms with Crippen LogP contribution in [0.5, 0.6) is 5.75 Å². The maximum absolute atomic E-state index is 12.4. The molecule has 1 saturated carbocycles. The van der Waals surface area contributed by atoms with Gasteiger partial charge in [0, 0.05) is 32.4 Å². The highest BCUT2D eigenvalue weighted by molar-refractivity contribution is 5.85. The number of nitrogens with zero attached hydrogens (tertiary/aromatic N) is 1. The molecule has 5 nitrogen and oxygen atoms in total. The van der Waals surface area contributed by atoms with E-state index >= 15 is 0 Å². The zero-order valence-electron chi connectivity index (χ0n) is 13.2. The Kier molecular flexibility index (Phi) is 4.55. The maximum Gasteiger partial charge on any atom is 0.310 e. The monoisotopic (exact) mass is 317 g/mol. The van der Waals surface area contributed by atoms with Gasteiger partial charge >= 0.3 is 5.97 Å². The Hall–Kier alpha value is -2.04. The molecule has 1 aromatic carbocycles. The quantitative estimate of drug-likeness (QED) is 0.907. The van der Waals surface area contributed by atoms with Crippen molar-refractivity contribution in [1.29, 1.82) is 0 Å². The molecule has 0 unspecified atom stereocenters. The maximum atomic E-state index is 12.4. The van der Waals surface area contributed by atoms with Crippen LogP contribution in [0.1, 0.15) is 38.5 Å². The summed E-state index contributed by atoms with van der Waals surface area (Å²) in [5.74, 6) is 0.0150. The summed E-state index contributed by atoms with van der Waals surface area (Å²) in [6.07, 6.45) is 4.02. The Morgan fingerprint density at radius 1 is 1.17 bits per heavy atom. The number of ether oxygens (including phenoxy) is 1. The fourth-order valence-electron chi connectivity index (χ4n) is 3.39. The van der Waals surface area contributed by atoms with Crippen molar-refractivity contribution in [1.82, 2.24) is 4.90 Å². The van der Waals surface area contributed by atoms with Gasteiger partial charge in [0.2, 0.25) is 5.91 Å². The van der Waals surface area contributed by atoms with E-state index in [0.29, 0.717) is 25.9 Å². The van der Waals surface area contributed by atoms with Gasteiger partial charge in [-0.1, -0.05) is 24.6 Å². The van der Waals surface area contributed by atoms with Crippen molar-refractivity contribution in [2.75, 3.05) is 13.1 Å². The lowest BCUT2D eigenvalue weighted by Gasteiger charge is -2.39. The molecule has 0 radical (unpaired) electrons. The van der Waals surface area contributed by atoms with Crippen molar-refractivity contribution in [2.45, 2.75) is 44.6 Å². The van der Waals surface area contributed by atoms with Gasteiger partial charge in [0.15, 0.2) is 0 Å². The zero-order valence-corrected chi connectivity index (χ0v) is 13.2. The van der Waals surface area contributed by atoms with E-state index in [1.54, 1.807) is 4.90 Å². The van der Waals surface area contributed by atoms with Crippen LogP contribution in [0.15, 0.2) is 30.3 Å². The lowest BCUT2D eigenvalue weighted by Crippen LogP contribution is -2.47. The van der Waals surface area contributed by atoms with Gasteiger partial charge in [-0.2, -0.15) is 0 Å². The number of carboxylic acid groups (broad SMARTS) is 1. The van der Waals surface area contributed by atoms with E-state index in [2.05, 4.69) is 0 Å². The SMILES string of the molecule is O=C(CC1(C(=O)O)CCC1)N1CCC(Oc2ccccc2)CC1. The largest absolute Gasteiger partial charge is 0.490 e. The van der Waals surface area contributed by atoms with E-state index in [9.17, 15) is 14.7 Å². The fourth-order valence-corrected chi connectivity index (χ4v) is 3.39. The van der Waals surface area contributed by atoms with E-state index in [1.165, 1.54) is 0 Å². The molecule has 0 spiro atoms. The number of benzene rings is 1. The lowest BCUT2D eigenvalue weighted by atomic mass is 9.66. The summed E-state index contributed by atoms with van der Waals surface area (Å²) >= 11 is 0. The van der Waals surface area contributed by atoms with Crippen molar-refractivity contribution in [3.63, 3.8) is 0 Å². The molecule has 2 fully saturated rings. The molecule has 1 N–H and O–H groups in total. The molecule has 5 heteroatoms. The molecule has 124 valence electrons. The molecular weight excluding hydrogens is 294 g/mol. The van der Waals surface area contributed by atoms with Gasteiger partial charge in [0.1, 0.15) is 11.9 Å². The summed E-state index contributed by atoms with van der Waals surface area (Å²) in [5, 5.41) is 9.35. The summed E-state index contributed by atoms with van der Waals surface area (Å²) in [6.45, 7) is 1.29. The van der Waals surface area contributed by atoms with E-state index < -0.39 is 11.4 Å². The number of carbonyl (C=O) groups excluding carboxylic acids is 1. The molecule has 1 aliphatic carbocycles. The Morgan fingerprint density at radius 2 is 1.83 bits per heavy atom. The first-order valence-electron chi connectivity index (χ1n) is 8.32. The van der Waals surface area contributed by atoms with E-state index in [4.69, 9.17) is 4.74 Å². The second-order valence-corrected chi connectivity index (χ2v) is 6.63. The molecule has 0 atom stereocenters. The highest BCUT2D eigenvalue weighted by atomic mass is 16.5. The van der Waals surface area contributed by atoms with Crippen LogP contribution in [-0.4, -0.2) is 41.1 Å². The highest BCUT2D eigenvalue weighted by Crippen LogP contribution is 2.44. The van der Waals surface area contributed by atoms with Crippen molar-refractivity contribution < 1.29 is 19.4 Å². The number of hydrogen-bond acceptors (Lipinski definition) is 3. The number of likely N-dealkylation sites (tertiary alicyclic amines) is 1. The smallest absolute Gasteiger partial charge is 0.310 e. The molecule has 0 bridgehead atoms. The molecule has 1 aromatic rings. The highest BCUT2D eigenvalue weighted by Gasteiger charge is 2.46. The van der Waals surface area contributed by atoms with Gasteiger partial charge in [-0.3, -0.25) is 9.59 Å². The number of rotatable bonds is 5. The minimum absolute atomic E-state index is 0.0229. The van der Waals surface area contributed by atoms with Crippen molar-refractivity contribution >= 4 is 11.9 Å². The van der Waals surface area contributed by atoms with Gasteiger partial charge in [-0.05, 0) is 25.0 Å². The van der Waals surface area contributed by atoms with Crippen LogP contribution in [0.25, 0.3) is 0 Å². The van der Waals surface area contributed by atoms with Gasteiger partial charge in [0.25, 0.3) is 0 Å². The van der Waals surface area contributed by atoms with E-state index in [0.717, 1.165) is 25.0 Å². The minimum Gasteiger partial charge on any atom is -0.490 e. The van der Waals surface area contributed by atoms with Gasteiger partial charge in [-0.15, -0.1) is 0 Å². The third-order valence-corrected chi connectivity index (χ3v) is 5.09. The summed E-state index contributed by atoms with van der Waals surface area (Å²) < 4.78 is 5.92. The average molecular weight is 317 g/mol. The predicted molar refractivity (Wildman–Crippen MR) is 85.2 cm³/mol. The van der Waals surface area contributed by atoms with Crippen LogP contribution >= 0.6 is 0 Å². The molecule has 1 amide bonds. The van der Waals surface area contributed by atoms with Gasteiger partial charge in [0.05, 0.1) is 5.41 Å². The minimum atomic E-state index is -0.820. The summed E-state index contributed by atoms with van der Waals surface area (Å²) in [6, 6.07) is 9.71. The van der Waals surface area contributed by atoms with Crippen LogP contribution in [0.2, 0.25) is 0 Å².